The minimum Gasteiger partial charge on any atom is -0.480 e. The molecule has 2 rings (SSSR count). The lowest BCUT2D eigenvalue weighted by atomic mass is 9.85. The van der Waals surface area contributed by atoms with E-state index < -0.39 is 11.5 Å². The van der Waals surface area contributed by atoms with E-state index in [0.29, 0.717) is 6.04 Å². The molecule has 19 heavy (non-hydrogen) atoms. The molecule has 2 aliphatic carbocycles. The average Bonchev–Trinajstić information content (AvgIpc) is 2.48. The van der Waals surface area contributed by atoms with Crippen molar-refractivity contribution in [2.75, 3.05) is 0 Å². The average molecular weight is 267 g/mol. The van der Waals surface area contributed by atoms with E-state index in [4.69, 9.17) is 0 Å². The fourth-order valence-electron chi connectivity index (χ4n) is 4.33. The number of rotatable bonds is 3. The molecule has 0 aliphatic heterocycles. The molecule has 2 aliphatic rings. The molecule has 0 radical (unpaired) electrons. The van der Waals surface area contributed by atoms with Gasteiger partial charge >= 0.3 is 5.97 Å². The van der Waals surface area contributed by atoms with Crippen molar-refractivity contribution in [3.05, 3.63) is 0 Å². The number of hydrogen-bond acceptors (Lipinski definition) is 2. The number of hydrogen-bond donors (Lipinski definition) is 2. The molecule has 2 saturated carbocycles. The Labute approximate surface area is 117 Å². The van der Waals surface area contributed by atoms with Gasteiger partial charge in [0.1, 0.15) is 5.54 Å². The van der Waals surface area contributed by atoms with Crippen LogP contribution < -0.4 is 5.32 Å². The molecule has 110 valence electrons. The van der Waals surface area contributed by atoms with E-state index in [1.165, 1.54) is 25.7 Å². The number of carboxylic acid groups (broad SMARTS) is 1. The maximum absolute atomic E-state index is 11.9. The van der Waals surface area contributed by atoms with Crippen LogP contribution in [0.15, 0.2) is 0 Å². The third kappa shape index (κ3) is 3.13. The zero-order valence-electron chi connectivity index (χ0n) is 12.7. The van der Waals surface area contributed by atoms with Gasteiger partial charge in [0, 0.05) is 6.04 Å². The van der Waals surface area contributed by atoms with Gasteiger partial charge in [-0.1, -0.05) is 46.5 Å². The number of aliphatic carboxylic acids is 1. The molecule has 0 aromatic rings. The summed E-state index contributed by atoms with van der Waals surface area (Å²) in [6.07, 6.45) is 9.13. The standard InChI is InChI=1S/C16H29NO2/c1-12-10-15(2,3)11-16(12,14(18)19)17-13-8-6-4-5-7-9-13/h12-13,17H,4-11H2,1-3H3,(H,18,19). The van der Waals surface area contributed by atoms with Crippen LogP contribution in [-0.2, 0) is 4.79 Å². The fraction of sp³-hybridized carbons (Fsp3) is 0.938. The van der Waals surface area contributed by atoms with Gasteiger partial charge in [0.2, 0.25) is 0 Å². The van der Waals surface area contributed by atoms with Crippen LogP contribution in [0.5, 0.6) is 0 Å². The SMILES string of the molecule is CC1CC(C)(C)CC1(NC1CCCCCC1)C(=O)O. The van der Waals surface area contributed by atoms with Gasteiger partial charge in [-0.3, -0.25) is 10.1 Å². The molecular formula is C16H29NO2. The Balaban J connectivity index is 2.13. The van der Waals surface area contributed by atoms with Gasteiger partial charge in [-0.2, -0.15) is 0 Å². The van der Waals surface area contributed by atoms with Crippen LogP contribution in [0.1, 0.15) is 72.1 Å². The molecule has 2 N–H and O–H groups in total. The van der Waals surface area contributed by atoms with Crippen LogP contribution in [0.2, 0.25) is 0 Å². The highest BCUT2D eigenvalue weighted by molar-refractivity contribution is 5.80. The third-order valence-corrected chi connectivity index (χ3v) is 5.16. The predicted octanol–water partition coefficient (Wildman–Crippen LogP) is 3.58. The maximum Gasteiger partial charge on any atom is 0.324 e. The largest absolute Gasteiger partial charge is 0.480 e. The van der Waals surface area contributed by atoms with E-state index in [-0.39, 0.29) is 11.3 Å². The Bertz CT molecular complexity index is 332. The summed E-state index contributed by atoms with van der Waals surface area (Å²) < 4.78 is 0. The van der Waals surface area contributed by atoms with Crippen LogP contribution in [-0.4, -0.2) is 22.7 Å². The minimum atomic E-state index is -0.696. The number of carbonyl (C=O) groups is 1. The monoisotopic (exact) mass is 267 g/mol. The number of nitrogens with one attached hydrogen (secondary N) is 1. The second-order valence-corrected chi connectivity index (χ2v) is 7.56. The van der Waals surface area contributed by atoms with Gasteiger partial charge in [0.05, 0.1) is 0 Å². The summed E-state index contributed by atoms with van der Waals surface area (Å²) in [6, 6.07) is 0.398. The number of carboxylic acids is 1. The molecule has 3 nitrogen and oxygen atoms in total. The lowest BCUT2D eigenvalue weighted by Gasteiger charge is -2.35. The van der Waals surface area contributed by atoms with E-state index in [2.05, 4.69) is 26.1 Å². The summed E-state index contributed by atoms with van der Waals surface area (Å²) in [5.41, 5.74) is -0.561. The van der Waals surface area contributed by atoms with Gasteiger partial charge < -0.3 is 5.11 Å². The van der Waals surface area contributed by atoms with Gasteiger partial charge in [0.25, 0.3) is 0 Å². The predicted molar refractivity (Wildman–Crippen MR) is 77.2 cm³/mol. The summed E-state index contributed by atoms with van der Waals surface area (Å²) in [5.74, 6) is -0.432. The molecule has 0 amide bonds. The highest BCUT2D eigenvalue weighted by Gasteiger charge is 2.54. The normalized spacial score (nSPS) is 36.1. The van der Waals surface area contributed by atoms with Crippen LogP contribution >= 0.6 is 0 Å². The quantitative estimate of drug-likeness (QED) is 0.768. The zero-order valence-corrected chi connectivity index (χ0v) is 12.7. The second-order valence-electron chi connectivity index (χ2n) is 7.56. The van der Waals surface area contributed by atoms with Crippen molar-refractivity contribution in [3.63, 3.8) is 0 Å². The molecule has 2 atom stereocenters. The third-order valence-electron chi connectivity index (χ3n) is 5.16. The van der Waals surface area contributed by atoms with Gasteiger partial charge in [-0.05, 0) is 37.0 Å². The first-order valence-corrected chi connectivity index (χ1v) is 7.87. The molecule has 0 saturated heterocycles. The highest BCUT2D eigenvalue weighted by atomic mass is 16.4. The second kappa shape index (κ2) is 5.43. The van der Waals surface area contributed by atoms with Crippen molar-refractivity contribution < 1.29 is 9.90 Å². The highest BCUT2D eigenvalue weighted by Crippen LogP contribution is 2.48. The van der Waals surface area contributed by atoms with Crippen molar-refractivity contribution in [1.29, 1.82) is 0 Å². The van der Waals surface area contributed by atoms with Crippen LogP contribution in [0.3, 0.4) is 0 Å². The van der Waals surface area contributed by atoms with Gasteiger partial charge in [-0.25, -0.2) is 0 Å². The molecule has 0 heterocycles. The van der Waals surface area contributed by atoms with E-state index in [1.54, 1.807) is 0 Å². The molecule has 0 spiro atoms. The fourth-order valence-corrected chi connectivity index (χ4v) is 4.33. The Morgan fingerprint density at radius 2 is 1.74 bits per heavy atom. The molecular weight excluding hydrogens is 238 g/mol. The van der Waals surface area contributed by atoms with Crippen LogP contribution in [0.4, 0.5) is 0 Å². The Morgan fingerprint density at radius 1 is 1.16 bits per heavy atom. The molecule has 0 aromatic heterocycles. The Hall–Kier alpha value is -0.570. The first-order chi connectivity index (χ1) is 8.86. The first kappa shape index (κ1) is 14.8. The van der Waals surface area contributed by atoms with Crippen molar-refractivity contribution in [1.82, 2.24) is 5.32 Å². The summed E-state index contributed by atoms with van der Waals surface area (Å²) in [5, 5.41) is 13.4. The van der Waals surface area contributed by atoms with Crippen molar-refractivity contribution in [2.24, 2.45) is 11.3 Å². The minimum absolute atomic E-state index is 0.134. The molecule has 0 aromatic carbocycles. The molecule has 2 unspecified atom stereocenters. The van der Waals surface area contributed by atoms with Gasteiger partial charge in [-0.15, -0.1) is 0 Å². The van der Waals surface area contributed by atoms with Crippen LogP contribution in [0.25, 0.3) is 0 Å². The summed E-state index contributed by atoms with van der Waals surface area (Å²) in [6.45, 7) is 6.50. The van der Waals surface area contributed by atoms with Crippen molar-refractivity contribution in [2.45, 2.75) is 83.7 Å². The first-order valence-electron chi connectivity index (χ1n) is 7.87. The van der Waals surface area contributed by atoms with Gasteiger partial charge in [0.15, 0.2) is 0 Å². The van der Waals surface area contributed by atoms with E-state index in [9.17, 15) is 9.90 Å². The lowest BCUT2D eigenvalue weighted by molar-refractivity contribution is -0.147. The summed E-state index contributed by atoms with van der Waals surface area (Å²) in [4.78, 5) is 11.9. The zero-order chi connectivity index (χ0) is 14.1. The summed E-state index contributed by atoms with van der Waals surface area (Å²) in [7, 11) is 0. The van der Waals surface area contributed by atoms with Crippen molar-refractivity contribution >= 4 is 5.97 Å². The van der Waals surface area contributed by atoms with Crippen LogP contribution in [0, 0.1) is 11.3 Å². The van der Waals surface area contributed by atoms with E-state index in [0.717, 1.165) is 25.7 Å². The van der Waals surface area contributed by atoms with E-state index in [1.807, 2.05) is 0 Å². The molecule has 3 heteroatoms. The molecule has 0 bridgehead atoms. The molecule has 2 fully saturated rings. The Kier molecular flexibility index (Phi) is 4.24. The maximum atomic E-state index is 11.9. The van der Waals surface area contributed by atoms with E-state index >= 15 is 0 Å². The topological polar surface area (TPSA) is 49.3 Å². The van der Waals surface area contributed by atoms with Crippen molar-refractivity contribution in [3.8, 4) is 0 Å². The lowest BCUT2D eigenvalue weighted by Crippen LogP contribution is -2.58. The summed E-state index contributed by atoms with van der Waals surface area (Å²) >= 11 is 0. The smallest absolute Gasteiger partial charge is 0.324 e. The Morgan fingerprint density at radius 3 is 2.16 bits per heavy atom.